The molecule has 0 spiro atoms. The minimum atomic E-state index is -2.49. The summed E-state index contributed by atoms with van der Waals surface area (Å²) in [4.78, 5) is 3.54. The highest BCUT2D eigenvalue weighted by atomic mass is 19.3. The SMILES string of the molecule is CNc1ccc(C(F)F)nc1. The number of anilines is 1. The summed E-state index contributed by atoms with van der Waals surface area (Å²) in [7, 11) is 1.71. The lowest BCUT2D eigenvalue weighted by Gasteiger charge is -2.00. The summed E-state index contributed by atoms with van der Waals surface area (Å²) in [6.07, 6.45) is -1.11. The minimum Gasteiger partial charge on any atom is -0.387 e. The highest BCUT2D eigenvalue weighted by Gasteiger charge is 2.06. The molecule has 0 atom stereocenters. The van der Waals surface area contributed by atoms with E-state index in [9.17, 15) is 8.78 Å². The van der Waals surface area contributed by atoms with E-state index in [-0.39, 0.29) is 5.69 Å². The highest BCUT2D eigenvalue weighted by Crippen LogP contribution is 2.16. The van der Waals surface area contributed by atoms with Crippen molar-refractivity contribution >= 4 is 5.69 Å². The van der Waals surface area contributed by atoms with Crippen LogP contribution in [0.25, 0.3) is 0 Å². The number of pyridine rings is 1. The van der Waals surface area contributed by atoms with Crippen molar-refractivity contribution in [2.24, 2.45) is 0 Å². The fourth-order valence-corrected chi connectivity index (χ4v) is 0.682. The Bertz CT molecular complexity index is 220. The Morgan fingerprint density at radius 1 is 1.45 bits per heavy atom. The summed E-state index contributed by atoms with van der Waals surface area (Å²) in [5, 5.41) is 2.79. The van der Waals surface area contributed by atoms with Crippen molar-refractivity contribution in [3.8, 4) is 0 Å². The summed E-state index contributed by atoms with van der Waals surface area (Å²) in [5.41, 5.74) is 0.540. The van der Waals surface area contributed by atoms with Gasteiger partial charge in [-0.1, -0.05) is 0 Å². The molecule has 1 rings (SSSR count). The Kier molecular flexibility index (Phi) is 2.36. The van der Waals surface area contributed by atoms with Crippen molar-refractivity contribution in [3.63, 3.8) is 0 Å². The Morgan fingerprint density at radius 3 is 2.55 bits per heavy atom. The van der Waals surface area contributed by atoms with Crippen molar-refractivity contribution in [2.75, 3.05) is 12.4 Å². The van der Waals surface area contributed by atoms with Crippen LogP contribution in [0.5, 0.6) is 0 Å². The molecule has 1 aromatic rings. The van der Waals surface area contributed by atoms with Crippen LogP contribution in [0.1, 0.15) is 12.1 Å². The first kappa shape index (κ1) is 7.91. The van der Waals surface area contributed by atoms with Gasteiger partial charge < -0.3 is 5.32 Å². The van der Waals surface area contributed by atoms with Crippen molar-refractivity contribution in [2.45, 2.75) is 6.43 Å². The number of nitrogens with one attached hydrogen (secondary N) is 1. The van der Waals surface area contributed by atoms with E-state index in [2.05, 4.69) is 10.3 Å². The van der Waals surface area contributed by atoms with Crippen LogP contribution in [0.3, 0.4) is 0 Å². The van der Waals surface area contributed by atoms with Gasteiger partial charge in [0.05, 0.1) is 11.9 Å². The largest absolute Gasteiger partial charge is 0.387 e. The molecule has 1 N–H and O–H groups in total. The molecule has 0 aromatic carbocycles. The zero-order valence-electron chi connectivity index (χ0n) is 6.01. The summed E-state index contributed by atoms with van der Waals surface area (Å²) in [6, 6.07) is 2.87. The predicted molar refractivity (Wildman–Crippen MR) is 38.7 cm³/mol. The van der Waals surface area contributed by atoms with Crippen molar-refractivity contribution in [1.82, 2.24) is 4.98 Å². The Morgan fingerprint density at radius 2 is 2.18 bits per heavy atom. The lowest BCUT2D eigenvalue weighted by atomic mass is 10.3. The molecule has 1 heterocycles. The molecule has 0 unspecified atom stereocenters. The van der Waals surface area contributed by atoms with Gasteiger partial charge in [0.2, 0.25) is 0 Å². The third-order valence-corrected chi connectivity index (χ3v) is 1.30. The maximum atomic E-state index is 11.9. The van der Waals surface area contributed by atoms with E-state index in [4.69, 9.17) is 0 Å². The predicted octanol–water partition coefficient (Wildman–Crippen LogP) is 2.06. The topological polar surface area (TPSA) is 24.9 Å². The quantitative estimate of drug-likeness (QED) is 0.712. The van der Waals surface area contributed by atoms with Gasteiger partial charge in [0.25, 0.3) is 6.43 Å². The molecular formula is C7H8F2N2. The fraction of sp³-hybridized carbons (Fsp3) is 0.286. The van der Waals surface area contributed by atoms with Gasteiger partial charge in [-0.25, -0.2) is 8.78 Å². The molecule has 0 saturated heterocycles. The van der Waals surface area contributed by atoms with Crippen LogP contribution in [0.4, 0.5) is 14.5 Å². The van der Waals surface area contributed by atoms with Gasteiger partial charge in [-0.2, -0.15) is 0 Å². The fourth-order valence-electron chi connectivity index (χ4n) is 0.682. The lowest BCUT2D eigenvalue weighted by molar-refractivity contribution is 0.146. The molecular weight excluding hydrogens is 150 g/mol. The second-order valence-electron chi connectivity index (χ2n) is 2.02. The molecule has 0 saturated carbocycles. The zero-order chi connectivity index (χ0) is 8.27. The minimum absolute atomic E-state index is 0.191. The maximum Gasteiger partial charge on any atom is 0.280 e. The van der Waals surface area contributed by atoms with E-state index < -0.39 is 6.43 Å². The Labute approximate surface area is 63.3 Å². The smallest absolute Gasteiger partial charge is 0.280 e. The third kappa shape index (κ3) is 1.86. The second kappa shape index (κ2) is 3.27. The van der Waals surface area contributed by atoms with Gasteiger partial charge in [0, 0.05) is 7.05 Å². The summed E-state index contributed by atoms with van der Waals surface area (Å²) >= 11 is 0. The summed E-state index contributed by atoms with van der Waals surface area (Å²) < 4.78 is 23.8. The molecule has 0 aliphatic carbocycles. The van der Waals surface area contributed by atoms with Crippen LogP contribution in [-0.2, 0) is 0 Å². The van der Waals surface area contributed by atoms with E-state index in [0.717, 1.165) is 5.69 Å². The van der Waals surface area contributed by atoms with Crippen molar-refractivity contribution < 1.29 is 8.78 Å². The molecule has 60 valence electrons. The van der Waals surface area contributed by atoms with Crippen LogP contribution in [-0.4, -0.2) is 12.0 Å². The molecule has 0 aliphatic heterocycles. The van der Waals surface area contributed by atoms with Gasteiger partial charge in [-0.05, 0) is 12.1 Å². The molecule has 4 heteroatoms. The number of rotatable bonds is 2. The zero-order valence-corrected chi connectivity index (χ0v) is 6.01. The number of hydrogen-bond donors (Lipinski definition) is 1. The van der Waals surface area contributed by atoms with Crippen LogP contribution in [0.2, 0.25) is 0 Å². The molecule has 2 nitrogen and oxygen atoms in total. The normalized spacial score (nSPS) is 10.2. The average molecular weight is 158 g/mol. The molecule has 1 aromatic heterocycles. The van der Waals surface area contributed by atoms with E-state index >= 15 is 0 Å². The number of nitrogens with zero attached hydrogens (tertiary/aromatic N) is 1. The molecule has 0 aliphatic rings. The van der Waals surface area contributed by atoms with Gasteiger partial charge >= 0.3 is 0 Å². The van der Waals surface area contributed by atoms with Crippen LogP contribution in [0.15, 0.2) is 18.3 Å². The van der Waals surface area contributed by atoms with Crippen LogP contribution < -0.4 is 5.32 Å². The third-order valence-electron chi connectivity index (χ3n) is 1.30. The monoisotopic (exact) mass is 158 g/mol. The molecule has 0 radical (unpaired) electrons. The first-order valence-electron chi connectivity index (χ1n) is 3.16. The van der Waals surface area contributed by atoms with Crippen molar-refractivity contribution in [1.29, 1.82) is 0 Å². The average Bonchev–Trinajstić information content (AvgIpc) is 2.05. The van der Waals surface area contributed by atoms with Gasteiger partial charge in [0.15, 0.2) is 0 Å². The van der Waals surface area contributed by atoms with Gasteiger partial charge in [-0.3, -0.25) is 4.98 Å². The maximum absolute atomic E-state index is 11.9. The van der Waals surface area contributed by atoms with Crippen LogP contribution >= 0.6 is 0 Å². The Balaban J connectivity index is 2.83. The standard InChI is InChI=1S/C7H8F2N2/c1-10-5-2-3-6(7(8)9)11-4-5/h2-4,7,10H,1H3. The second-order valence-corrected chi connectivity index (χ2v) is 2.02. The highest BCUT2D eigenvalue weighted by molar-refractivity contribution is 5.39. The number of alkyl halides is 2. The van der Waals surface area contributed by atoms with Crippen LogP contribution in [0, 0.1) is 0 Å². The van der Waals surface area contributed by atoms with E-state index in [1.807, 2.05) is 0 Å². The molecule has 0 fully saturated rings. The van der Waals surface area contributed by atoms with E-state index in [1.165, 1.54) is 12.3 Å². The molecule has 0 amide bonds. The first-order chi connectivity index (χ1) is 5.24. The van der Waals surface area contributed by atoms with E-state index in [1.54, 1.807) is 13.1 Å². The summed E-state index contributed by atoms with van der Waals surface area (Å²) in [5.74, 6) is 0. The number of hydrogen-bond acceptors (Lipinski definition) is 2. The van der Waals surface area contributed by atoms with Gasteiger partial charge in [0.1, 0.15) is 5.69 Å². The summed E-state index contributed by atoms with van der Waals surface area (Å²) in [6.45, 7) is 0. The molecule has 0 bridgehead atoms. The van der Waals surface area contributed by atoms with Gasteiger partial charge in [-0.15, -0.1) is 0 Å². The number of aromatic nitrogens is 1. The molecule has 11 heavy (non-hydrogen) atoms. The lowest BCUT2D eigenvalue weighted by Crippen LogP contribution is -1.92. The first-order valence-corrected chi connectivity index (χ1v) is 3.16. The Hall–Kier alpha value is -1.19. The number of halogens is 2. The van der Waals surface area contributed by atoms with E-state index in [0.29, 0.717) is 0 Å². The van der Waals surface area contributed by atoms with Crippen molar-refractivity contribution in [3.05, 3.63) is 24.0 Å².